The van der Waals surface area contributed by atoms with Crippen LogP contribution >= 0.6 is 11.6 Å². The van der Waals surface area contributed by atoms with Crippen LogP contribution in [-0.4, -0.2) is 28.2 Å². The van der Waals surface area contributed by atoms with E-state index in [1.54, 1.807) is 25.1 Å². The molecule has 146 valence electrons. The highest BCUT2D eigenvalue weighted by Gasteiger charge is 2.23. The molecule has 5 nitrogen and oxygen atoms in total. The van der Waals surface area contributed by atoms with Crippen molar-refractivity contribution in [2.45, 2.75) is 26.7 Å². The van der Waals surface area contributed by atoms with Gasteiger partial charge in [0.2, 0.25) is 0 Å². The van der Waals surface area contributed by atoms with Crippen molar-refractivity contribution in [3.05, 3.63) is 64.1 Å². The minimum atomic E-state index is -0.856. The number of hydrogen-bond acceptors (Lipinski definition) is 4. The van der Waals surface area contributed by atoms with Crippen molar-refractivity contribution in [1.29, 1.82) is 0 Å². The van der Waals surface area contributed by atoms with Gasteiger partial charge in [-0.1, -0.05) is 24.6 Å². The monoisotopic (exact) mass is 403 g/mol. The number of phenols is 1. The maximum atomic E-state index is 14.0. The summed E-state index contributed by atoms with van der Waals surface area (Å²) in [5.41, 5.74) is 1.55. The summed E-state index contributed by atoms with van der Waals surface area (Å²) in [6, 6.07) is 8.72. The van der Waals surface area contributed by atoms with Crippen molar-refractivity contribution in [3.8, 4) is 5.75 Å². The Hall–Kier alpha value is -2.86. The molecule has 1 aromatic heterocycles. The minimum Gasteiger partial charge on any atom is -0.505 e. The number of halogens is 2. The highest BCUT2D eigenvalue weighted by atomic mass is 35.5. The van der Waals surface area contributed by atoms with Crippen molar-refractivity contribution in [2.75, 3.05) is 6.61 Å². The van der Waals surface area contributed by atoms with Crippen molar-refractivity contribution < 1.29 is 23.8 Å². The number of ether oxygens (including phenoxy) is 1. The topological polar surface area (TPSA) is 68.5 Å². The van der Waals surface area contributed by atoms with Gasteiger partial charge >= 0.3 is 5.97 Å². The molecule has 0 unspecified atom stereocenters. The van der Waals surface area contributed by atoms with Crippen LogP contribution in [0, 0.1) is 12.7 Å². The summed E-state index contributed by atoms with van der Waals surface area (Å²) < 4.78 is 20.5. The van der Waals surface area contributed by atoms with Crippen molar-refractivity contribution >= 4 is 34.4 Å². The summed E-state index contributed by atoms with van der Waals surface area (Å²) in [6.45, 7) is 3.84. The van der Waals surface area contributed by atoms with E-state index in [1.165, 1.54) is 16.7 Å². The fourth-order valence-corrected chi connectivity index (χ4v) is 3.33. The molecule has 0 aliphatic rings. The highest BCUT2D eigenvalue weighted by Crippen LogP contribution is 2.32. The smallest absolute Gasteiger partial charge is 0.310 e. The second-order valence-corrected chi connectivity index (χ2v) is 6.87. The molecule has 0 amide bonds. The molecule has 7 heteroatoms. The summed E-state index contributed by atoms with van der Waals surface area (Å²) in [5.74, 6) is -2.28. The number of aromatic nitrogens is 1. The molecule has 0 aliphatic heterocycles. The zero-order valence-electron chi connectivity index (χ0n) is 15.5. The Labute approximate surface area is 166 Å². The number of hydrogen-bond donors (Lipinski definition) is 1. The first-order valence-corrected chi connectivity index (χ1v) is 9.19. The third-order valence-corrected chi connectivity index (χ3v) is 4.70. The van der Waals surface area contributed by atoms with Gasteiger partial charge in [0, 0.05) is 27.7 Å². The Morgan fingerprint density at radius 3 is 2.68 bits per heavy atom. The average molecular weight is 404 g/mol. The quantitative estimate of drug-likeness (QED) is 0.630. The molecule has 1 N–H and O–H groups in total. The summed E-state index contributed by atoms with van der Waals surface area (Å²) in [6.07, 6.45) is 0.592. The van der Waals surface area contributed by atoms with Crippen LogP contribution in [0.2, 0.25) is 5.02 Å². The zero-order valence-corrected chi connectivity index (χ0v) is 16.2. The van der Waals surface area contributed by atoms with Gasteiger partial charge < -0.3 is 9.84 Å². The van der Waals surface area contributed by atoms with Crippen molar-refractivity contribution in [2.24, 2.45) is 0 Å². The van der Waals surface area contributed by atoms with E-state index in [4.69, 9.17) is 16.3 Å². The third-order valence-electron chi connectivity index (χ3n) is 4.47. The van der Waals surface area contributed by atoms with Crippen LogP contribution in [0.1, 0.15) is 35.0 Å². The summed E-state index contributed by atoms with van der Waals surface area (Å²) in [4.78, 5) is 25.2. The normalized spacial score (nSPS) is 11.0. The molecule has 0 saturated heterocycles. The number of esters is 1. The third kappa shape index (κ3) is 3.73. The largest absolute Gasteiger partial charge is 0.505 e. The van der Waals surface area contributed by atoms with Crippen LogP contribution in [0.4, 0.5) is 4.39 Å². The van der Waals surface area contributed by atoms with Gasteiger partial charge in [-0.2, -0.15) is 0 Å². The second-order valence-electron chi connectivity index (χ2n) is 6.43. The van der Waals surface area contributed by atoms with E-state index < -0.39 is 23.4 Å². The van der Waals surface area contributed by atoms with Gasteiger partial charge in [0.15, 0.2) is 11.6 Å². The Morgan fingerprint density at radius 2 is 2.00 bits per heavy atom. The van der Waals surface area contributed by atoms with Crippen LogP contribution in [0.25, 0.3) is 10.9 Å². The average Bonchev–Trinajstić information content (AvgIpc) is 2.91. The number of carbonyl (C=O) groups excluding carboxylic acids is 2. The molecule has 2 aromatic carbocycles. The number of benzene rings is 2. The molecule has 1 heterocycles. The van der Waals surface area contributed by atoms with E-state index in [1.807, 2.05) is 6.92 Å². The van der Waals surface area contributed by atoms with Crippen LogP contribution in [0.15, 0.2) is 36.4 Å². The van der Waals surface area contributed by atoms with E-state index in [-0.39, 0.29) is 18.5 Å². The van der Waals surface area contributed by atoms with E-state index in [0.29, 0.717) is 33.7 Å². The number of fused-ring (bicyclic) bond motifs is 1. The van der Waals surface area contributed by atoms with Crippen molar-refractivity contribution in [1.82, 2.24) is 4.57 Å². The predicted octanol–water partition coefficient (Wildman–Crippen LogP) is 4.63. The van der Waals surface area contributed by atoms with Crippen LogP contribution in [0.3, 0.4) is 0 Å². The number of carbonyl (C=O) groups is 2. The first-order chi connectivity index (χ1) is 13.3. The van der Waals surface area contributed by atoms with E-state index in [9.17, 15) is 19.1 Å². The first kappa shape index (κ1) is 19.9. The van der Waals surface area contributed by atoms with E-state index in [0.717, 1.165) is 6.07 Å². The number of phenolic OH excluding ortho intramolecular Hbond substituents is 1. The van der Waals surface area contributed by atoms with Gasteiger partial charge in [0.1, 0.15) is 0 Å². The van der Waals surface area contributed by atoms with Gasteiger partial charge in [-0.25, -0.2) is 4.39 Å². The molecule has 0 spiro atoms. The van der Waals surface area contributed by atoms with Gasteiger partial charge in [-0.05, 0) is 43.2 Å². The lowest BCUT2D eigenvalue weighted by molar-refractivity contribution is -0.142. The minimum absolute atomic E-state index is 0.0940. The molecule has 0 saturated carbocycles. The van der Waals surface area contributed by atoms with Crippen LogP contribution in [-0.2, 0) is 16.0 Å². The van der Waals surface area contributed by atoms with E-state index >= 15 is 0 Å². The van der Waals surface area contributed by atoms with Crippen molar-refractivity contribution in [3.63, 3.8) is 0 Å². The number of aromatic hydroxyl groups is 1. The second kappa shape index (κ2) is 8.02. The lowest BCUT2D eigenvalue weighted by Gasteiger charge is -2.08. The zero-order chi connectivity index (χ0) is 20.4. The number of rotatable bonds is 5. The van der Waals surface area contributed by atoms with Gasteiger partial charge in [-0.3, -0.25) is 14.2 Å². The maximum Gasteiger partial charge on any atom is 0.310 e. The first-order valence-electron chi connectivity index (χ1n) is 8.81. The standard InChI is InChI=1S/C21H19ClFNO4/c1-3-7-28-20(26)10-15-12(2)24(18-11-17(23)19(25)9-16(15)18)21(27)13-5-4-6-14(22)8-13/h4-6,8-9,11,25H,3,7,10H2,1-2H3. The Kier molecular flexibility index (Phi) is 5.70. The Morgan fingerprint density at radius 1 is 1.25 bits per heavy atom. The van der Waals surface area contributed by atoms with Crippen LogP contribution in [0.5, 0.6) is 5.75 Å². The summed E-state index contributed by atoms with van der Waals surface area (Å²) in [5, 5.41) is 10.6. The van der Waals surface area contributed by atoms with E-state index in [2.05, 4.69) is 0 Å². The summed E-state index contributed by atoms with van der Waals surface area (Å²) in [7, 11) is 0. The van der Waals surface area contributed by atoms with Gasteiger partial charge in [0.25, 0.3) is 5.91 Å². The predicted molar refractivity (Wildman–Crippen MR) is 104 cm³/mol. The van der Waals surface area contributed by atoms with Crippen LogP contribution < -0.4 is 0 Å². The fourth-order valence-electron chi connectivity index (χ4n) is 3.14. The SMILES string of the molecule is CCCOC(=O)Cc1c(C)n(C(=O)c2cccc(Cl)c2)c2cc(F)c(O)cc12. The molecule has 0 atom stereocenters. The molecule has 3 aromatic rings. The fraction of sp³-hybridized carbons (Fsp3) is 0.238. The molecule has 0 bridgehead atoms. The molecule has 0 fully saturated rings. The molecule has 0 radical (unpaired) electrons. The maximum absolute atomic E-state index is 14.0. The highest BCUT2D eigenvalue weighted by molar-refractivity contribution is 6.31. The molecular weight excluding hydrogens is 385 g/mol. The van der Waals surface area contributed by atoms with Gasteiger partial charge in [0.05, 0.1) is 18.5 Å². The summed E-state index contributed by atoms with van der Waals surface area (Å²) >= 11 is 5.99. The Bertz CT molecular complexity index is 1070. The molecule has 28 heavy (non-hydrogen) atoms. The molecular formula is C21H19ClFNO4. The molecule has 3 rings (SSSR count). The lowest BCUT2D eigenvalue weighted by Crippen LogP contribution is -2.15. The van der Waals surface area contributed by atoms with Gasteiger partial charge in [-0.15, -0.1) is 0 Å². The Balaban J connectivity index is 2.17. The molecule has 0 aliphatic carbocycles. The number of nitrogens with zero attached hydrogens (tertiary/aromatic N) is 1. The lowest BCUT2D eigenvalue weighted by atomic mass is 10.1.